The van der Waals surface area contributed by atoms with Crippen molar-refractivity contribution in [3.05, 3.63) is 36.2 Å². The molecule has 0 spiro atoms. The molecule has 0 saturated carbocycles. The highest BCUT2D eigenvalue weighted by Gasteiger charge is 2.23. The van der Waals surface area contributed by atoms with Gasteiger partial charge in [0.2, 0.25) is 0 Å². The quantitative estimate of drug-likeness (QED) is 0.809. The Morgan fingerprint density at radius 1 is 0.857 bits per heavy atom. The van der Waals surface area contributed by atoms with Gasteiger partial charge in [0.25, 0.3) is 0 Å². The van der Waals surface area contributed by atoms with Crippen molar-refractivity contribution in [2.45, 2.75) is 26.7 Å². The summed E-state index contributed by atoms with van der Waals surface area (Å²) in [6.07, 6.45) is 2.49. The lowest BCUT2D eigenvalue weighted by molar-refractivity contribution is 0.413. The summed E-state index contributed by atoms with van der Waals surface area (Å²) in [5, 5.41) is 0. The van der Waals surface area contributed by atoms with Crippen LogP contribution in [0.4, 0.5) is 17.3 Å². The van der Waals surface area contributed by atoms with E-state index in [1.807, 2.05) is 19.1 Å². The van der Waals surface area contributed by atoms with Crippen LogP contribution in [0.1, 0.15) is 25.6 Å². The number of benzene rings is 1. The first-order chi connectivity index (χ1) is 13.6. The third kappa shape index (κ3) is 4.01. The number of para-hydroxylation sites is 2. The second-order valence-corrected chi connectivity index (χ2v) is 7.95. The lowest BCUT2D eigenvalue weighted by atomic mass is 9.99. The fraction of sp³-hybridized carbons (Fsp3) is 0.545. The highest BCUT2D eigenvalue weighted by molar-refractivity contribution is 5.60. The number of hydrogen-bond donors (Lipinski definition) is 0. The van der Waals surface area contributed by atoms with Crippen LogP contribution in [0.25, 0.3) is 0 Å². The zero-order chi connectivity index (χ0) is 19.5. The molecular formula is C22H31N5O. The maximum atomic E-state index is 5.53. The van der Waals surface area contributed by atoms with Crippen LogP contribution in [0.5, 0.6) is 5.75 Å². The van der Waals surface area contributed by atoms with Gasteiger partial charge >= 0.3 is 0 Å². The Balaban J connectivity index is 1.46. The van der Waals surface area contributed by atoms with E-state index in [0.717, 1.165) is 68.4 Å². The third-order valence-electron chi connectivity index (χ3n) is 5.95. The topological polar surface area (TPSA) is 44.7 Å². The monoisotopic (exact) mass is 381 g/mol. The Morgan fingerprint density at radius 2 is 1.43 bits per heavy atom. The van der Waals surface area contributed by atoms with Gasteiger partial charge in [-0.05, 0) is 37.8 Å². The van der Waals surface area contributed by atoms with Crippen molar-refractivity contribution in [2.24, 2.45) is 5.92 Å². The van der Waals surface area contributed by atoms with E-state index in [-0.39, 0.29) is 0 Å². The molecule has 4 rings (SSSR count). The Hall–Kier alpha value is -2.50. The van der Waals surface area contributed by atoms with E-state index in [0.29, 0.717) is 0 Å². The number of ether oxygens (including phenoxy) is 1. The van der Waals surface area contributed by atoms with E-state index >= 15 is 0 Å². The van der Waals surface area contributed by atoms with Crippen molar-refractivity contribution in [2.75, 3.05) is 61.1 Å². The maximum absolute atomic E-state index is 5.53. The molecule has 6 nitrogen and oxygen atoms in total. The van der Waals surface area contributed by atoms with Crippen molar-refractivity contribution in [1.29, 1.82) is 0 Å². The molecule has 1 aromatic carbocycles. The van der Waals surface area contributed by atoms with Gasteiger partial charge in [-0.25, -0.2) is 9.97 Å². The number of piperazine rings is 1. The van der Waals surface area contributed by atoms with Gasteiger partial charge in [-0.1, -0.05) is 19.1 Å². The Morgan fingerprint density at radius 3 is 2.07 bits per heavy atom. The molecule has 6 heteroatoms. The van der Waals surface area contributed by atoms with E-state index in [1.165, 1.54) is 18.5 Å². The van der Waals surface area contributed by atoms with Crippen molar-refractivity contribution < 1.29 is 4.74 Å². The molecule has 0 radical (unpaired) electrons. The van der Waals surface area contributed by atoms with Crippen LogP contribution in [0.2, 0.25) is 0 Å². The van der Waals surface area contributed by atoms with E-state index < -0.39 is 0 Å². The number of methoxy groups -OCH3 is 1. The highest BCUT2D eigenvalue weighted by atomic mass is 16.5. The number of aryl methyl sites for hydroxylation is 1. The zero-order valence-electron chi connectivity index (χ0n) is 17.3. The number of piperidine rings is 1. The Bertz CT molecular complexity index is 795. The molecule has 0 amide bonds. The van der Waals surface area contributed by atoms with Crippen LogP contribution < -0.4 is 19.4 Å². The van der Waals surface area contributed by atoms with E-state index in [4.69, 9.17) is 14.7 Å². The normalized spacial score (nSPS) is 18.5. The van der Waals surface area contributed by atoms with E-state index in [9.17, 15) is 0 Å². The summed E-state index contributed by atoms with van der Waals surface area (Å²) in [6.45, 7) is 10.4. The molecule has 0 N–H and O–H groups in total. The number of rotatable bonds is 4. The molecule has 0 bridgehead atoms. The smallest absolute Gasteiger partial charge is 0.142 e. The van der Waals surface area contributed by atoms with Crippen molar-refractivity contribution in [3.63, 3.8) is 0 Å². The zero-order valence-corrected chi connectivity index (χ0v) is 17.3. The van der Waals surface area contributed by atoms with Crippen LogP contribution in [-0.2, 0) is 0 Å². The number of nitrogens with zero attached hydrogens (tertiary/aromatic N) is 5. The van der Waals surface area contributed by atoms with Gasteiger partial charge in [-0.15, -0.1) is 0 Å². The predicted octanol–water partition coefficient (Wildman–Crippen LogP) is 3.36. The van der Waals surface area contributed by atoms with E-state index in [1.54, 1.807) is 7.11 Å². The second kappa shape index (κ2) is 8.25. The lowest BCUT2D eigenvalue weighted by Gasteiger charge is -2.38. The summed E-state index contributed by atoms with van der Waals surface area (Å²) in [6, 6.07) is 10.4. The SMILES string of the molecule is COc1ccccc1N1CCN(c2cc(N3CCC(C)CC3)nc(C)n2)CC1. The summed E-state index contributed by atoms with van der Waals surface area (Å²) in [5.74, 6) is 4.76. The number of anilines is 3. The van der Waals surface area contributed by atoms with Crippen molar-refractivity contribution in [1.82, 2.24) is 9.97 Å². The Labute approximate surface area is 168 Å². The van der Waals surface area contributed by atoms with Crippen molar-refractivity contribution >= 4 is 17.3 Å². The molecule has 2 saturated heterocycles. The first kappa shape index (κ1) is 18.8. The van der Waals surface area contributed by atoms with Gasteiger partial charge in [0, 0.05) is 45.3 Å². The number of aromatic nitrogens is 2. The lowest BCUT2D eigenvalue weighted by Crippen LogP contribution is -2.47. The largest absolute Gasteiger partial charge is 0.495 e. The Kier molecular flexibility index (Phi) is 5.55. The van der Waals surface area contributed by atoms with Crippen molar-refractivity contribution in [3.8, 4) is 5.75 Å². The molecule has 0 unspecified atom stereocenters. The fourth-order valence-corrected chi connectivity index (χ4v) is 4.17. The second-order valence-electron chi connectivity index (χ2n) is 7.95. The minimum Gasteiger partial charge on any atom is -0.495 e. The molecule has 0 aliphatic carbocycles. The summed E-state index contributed by atoms with van der Waals surface area (Å²) in [4.78, 5) is 16.7. The van der Waals surface area contributed by atoms with Crippen LogP contribution in [0, 0.1) is 12.8 Å². The standard InChI is InChI=1S/C22H31N5O/c1-17-8-10-26(11-9-17)21-16-22(24-18(2)23-21)27-14-12-25(13-15-27)19-6-4-5-7-20(19)28-3/h4-7,16-17H,8-15H2,1-3H3. The first-order valence-corrected chi connectivity index (χ1v) is 10.4. The molecule has 2 aromatic rings. The fourth-order valence-electron chi connectivity index (χ4n) is 4.17. The summed E-state index contributed by atoms with van der Waals surface area (Å²) in [7, 11) is 1.74. The molecule has 0 atom stereocenters. The van der Waals surface area contributed by atoms with Gasteiger partial charge in [-0.3, -0.25) is 0 Å². The minimum absolute atomic E-state index is 0.821. The molecule has 3 heterocycles. The maximum Gasteiger partial charge on any atom is 0.142 e. The van der Waals surface area contributed by atoms with Gasteiger partial charge in [-0.2, -0.15) is 0 Å². The van der Waals surface area contributed by atoms with Crippen LogP contribution in [0.15, 0.2) is 30.3 Å². The molecule has 1 aromatic heterocycles. The average molecular weight is 382 g/mol. The van der Waals surface area contributed by atoms with Gasteiger partial charge < -0.3 is 19.4 Å². The molecule has 2 aliphatic rings. The third-order valence-corrected chi connectivity index (χ3v) is 5.95. The van der Waals surface area contributed by atoms with Crippen LogP contribution >= 0.6 is 0 Å². The molecular weight excluding hydrogens is 350 g/mol. The van der Waals surface area contributed by atoms with Gasteiger partial charge in [0.15, 0.2) is 0 Å². The van der Waals surface area contributed by atoms with Crippen LogP contribution in [0.3, 0.4) is 0 Å². The summed E-state index contributed by atoms with van der Waals surface area (Å²) < 4.78 is 5.53. The van der Waals surface area contributed by atoms with Crippen LogP contribution in [-0.4, -0.2) is 56.3 Å². The molecule has 28 heavy (non-hydrogen) atoms. The average Bonchev–Trinajstić information content (AvgIpc) is 2.74. The predicted molar refractivity (Wildman–Crippen MR) is 115 cm³/mol. The molecule has 2 aliphatic heterocycles. The molecule has 2 fully saturated rings. The molecule has 150 valence electrons. The van der Waals surface area contributed by atoms with E-state index in [2.05, 4.69) is 39.8 Å². The summed E-state index contributed by atoms with van der Waals surface area (Å²) >= 11 is 0. The minimum atomic E-state index is 0.821. The van der Waals surface area contributed by atoms with Gasteiger partial charge in [0.05, 0.1) is 12.8 Å². The van der Waals surface area contributed by atoms with Gasteiger partial charge in [0.1, 0.15) is 23.2 Å². The number of hydrogen-bond acceptors (Lipinski definition) is 6. The first-order valence-electron chi connectivity index (χ1n) is 10.4. The summed E-state index contributed by atoms with van der Waals surface area (Å²) in [5.41, 5.74) is 1.17. The highest BCUT2D eigenvalue weighted by Crippen LogP contribution is 2.30.